The molecule has 1 N–H and O–H groups in total. The van der Waals surface area contributed by atoms with Crippen molar-refractivity contribution in [2.24, 2.45) is 10.9 Å². The summed E-state index contributed by atoms with van der Waals surface area (Å²) in [6.45, 7) is 8.91. The Balaban J connectivity index is 1.34. The van der Waals surface area contributed by atoms with Crippen molar-refractivity contribution >= 4 is 34.3 Å². The number of hydrogen-bond donors (Lipinski definition) is 1. The van der Waals surface area contributed by atoms with Crippen LogP contribution < -0.4 is 0 Å². The number of ether oxygens (including phenoxy) is 1. The minimum absolute atomic E-state index is 0.103. The summed E-state index contributed by atoms with van der Waals surface area (Å²) in [4.78, 5) is 22.2. The molecule has 0 radical (unpaired) electrons. The van der Waals surface area contributed by atoms with Crippen LogP contribution in [0.25, 0.3) is 0 Å². The number of carbonyl (C=O) groups is 1. The predicted octanol–water partition coefficient (Wildman–Crippen LogP) is 3.24. The Labute approximate surface area is 200 Å². The second-order valence-electron chi connectivity index (χ2n) is 9.38. The van der Waals surface area contributed by atoms with Gasteiger partial charge in [-0.2, -0.15) is 0 Å². The number of rotatable bonds is 6. The van der Waals surface area contributed by atoms with E-state index in [4.69, 9.17) is 21.3 Å². The first-order chi connectivity index (χ1) is 15.4. The van der Waals surface area contributed by atoms with E-state index in [1.807, 2.05) is 17.0 Å². The molecule has 2 saturated heterocycles. The molecule has 176 valence electrons. The summed E-state index contributed by atoms with van der Waals surface area (Å²) in [6, 6.07) is 5.82. The second-order valence-corrected chi connectivity index (χ2v) is 10.8. The summed E-state index contributed by atoms with van der Waals surface area (Å²) >= 11 is 8.30. The SMILES string of the molecule is CC(C)C1=NC(C(=O)N2CCOC3(CCN(Cc4cccc(CCO)c4Cl)CC3)C2)CS1. The van der Waals surface area contributed by atoms with Crippen molar-refractivity contribution in [1.29, 1.82) is 0 Å². The number of halogens is 1. The van der Waals surface area contributed by atoms with Crippen molar-refractivity contribution in [3.8, 4) is 0 Å². The van der Waals surface area contributed by atoms with Crippen LogP contribution in [0.15, 0.2) is 23.2 Å². The van der Waals surface area contributed by atoms with Crippen LogP contribution in [0.3, 0.4) is 0 Å². The number of amides is 1. The Hall–Kier alpha value is -1.12. The van der Waals surface area contributed by atoms with Crippen LogP contribution in [0.5, 0.6) is 0 Å². The molecule has 8 heteroatoms. The third-order valence-electron chi connectivity index (χ3n) is 6.71. The highest BCUT2D eigenvalue weighted by Crippen LogP contribution is 2.33. The van der Waals surface area contributed by atoms with Gasteiger partial charge in [-0.1, -0.05) is 43.6 Å². The third kappa shape index (κ3) is 5.33. The lowest BCUT2D eigenvalue weighted by Gasteiger charge is -2.47. The highest BCUT2D eigenvalue weighted by atomic mass is 35.5. The van der Waals surface area contributed by atoms with Gasteiger partial charge in [0, 0.05) is 56.0 Å². The van der Waals surface area contributed by atoms with E-state index in [9.17, 15) is 9.90 Å². The van der Waals surface area contributed by atoms with Gasteiger partial charge in [0.15, 0.2) is 0 Å². The largest absolute Gasteiger partial charge is 0.396 e. The molecule has 0 saturated carbocycles. The second kappa shape index (κ2) is 10.4. The number of aliphatic hydroxyl groups is 1. The summed E-state index contributed by atoms with van der Waals surface area (Å²) < 4.78 is 6.27. The van der Waals surface area contributed by atoms with Gasteiger partial charge in [-0.25, -0.2) is 0 Å². The molecule has 32 heavy (non-hydrogen) atoms. The maximum Gasteiger partial charge on any atom is 0.248 e. The molecule has 1 atom stereocenters. The highest BCUT2D eigenvalue weighted by molar-refractivity contribution is 8.14. The number of aliphatic hydroxyl groups excluding tert-OH is 1. The smallest absolute Gasteiger partial charge is 0.248 e. The Kier molecular flexibility index (Phi) is 7.83. The van der Waals surface area contributed by atoms with Gasteiger partial charge in [-0.05, 0) is 30.4 Å². The molecule has 1 unspecified atom stereocenters. The zero-order valence-electron chi connectivity index (χ0n) is 19.1. The molecule has 0 bridgehead atoms. The molecule has 6 nitrogen and oxygen atoms in total. The molecule has 1 aromatic rings. The molecule has 3 aliphatic heterocycles. The molecule has 3 heterocycles. The van der Waals surface area contributed by atoms with Crippen molar-refractivity contribution in [3.63, 3.8) is 0 Å². The van der Waals surface area contributed by atoms with Crippen molar-refractivity contribution in [1.82, 2.24) is 9.80 Å². The topological polar surface area (TPSA) is 65.4 Å². The van der Waals surface area contributed by atoms with Crippen LogP contribution in [-0.4, -0.2) is 82.6 Å². The lowest BCUT2D eigenvalue weighted by atomic mass is 9.89. The van der Waals surface area contributed by atoms with Crippen molar-refractivity contribution in [2.75, 3.05) is 45.1 Å². The summed E-state index contributed by atoms with van der Waals surface area (Å²) in [5, 5.41) is 11.1. The average Bonchev–Trinajstić information content (AvgIpc) is 3.29. The Morgan fingerprint density at radius 3 is 2.75 bits per heavy atom. The number of carbonyl (C=O) groups excluding carboxylic acids is 1. The number of piperidine rings is 1. The van der Waals surface area contributed by atoms with Crippen LogP contribution in [0.4, 0.5) is 0 Å². The molecule has 1 spiro atoms. The Morgan fingerprint density at radius 1 is 1.31 bits per heavy atom. The van der Waals surface area contributed by atoms with Crippen LogP contribution in [0.2, 0.25) is 5.02 Å². The molecular weight excluding hydrogens is 446 g/mol. The van der Waals surface area contributed by atoms with Crippen LogP contribution in [-0.2, 0) is 22.5 Å². The van der Waals surface area contributed by atoms with E-state index in [0.29, 0.717) is 32.0 Å². The van der Waals surface area contributed by atoms with E-state index in [0.717, 1.165) is 59.4 Å². The lowest BCUT2D eigenvalue weighted by Crippen LogP contribution is -2.59. The van der Waals surface area contributed by atoms with Gasteiger partial charge in [-0.15, -0.1) is 11.8 Å². The summed E-state index contributed by atoms with van der Waals surface area (Å²) in [5.41, 5.74) is 1.86. The standard InChI is InChI=1S/C24H34ClN3O3S/c1-17(2)22-26-20(15-32-22)23(30)28-11-13-31-24(16-28)7-9-27(10-8-24)14-19-5-3-4-18(6-12-29)21(19)25/h3-5,17,20,29H,6-16H2,1-2H3. The summed E-state index contributed by atoms with van der Waals surface area (Å²) in [7, 11) is 0. The number of hydrogen-bond acceptors (Lipinski definition) is 6. The number of likely N-dealkylation sites (tertiary alicyclic amines) is 1. The van der Waals surface area contributed by atoms with Crippen LogP contribution in [0.1, 0.15) is 37.8 Å². The summed E-state index contributed by atoms with van der Waals surface area (Å²) in [5.74, 6) is 1.31. The predicted molar refractivity (Wildman–Crippen MR) is 131 cm³/mol. The first-order valence-electron chi connectivity index (χ1n) is 11.6. The average molecular weight is 480 g/mol. The van der Waals surface area contributed by atoms with Gasteiger partial charge in [0.25, 0.3) is 0 Å². The van der Waals surface area contributed by atoms with Crippen LogP contribution >= 0.6 is 23.4 Å². The molecule has 3 aliphatic rings. The number of nitrogens with zero attached hydrogens (tertiary/aromatic N) is 3. The zero-order chi connectivity index (χ0) is 22.7. The van der Waals surface area contributed by atoms with E-state index < -0.39 is 0 Å². The minimum atomic E-state index is -0.247. The third-order valence-corrected chi connectivity index (χ3v) is 8.55. The quantitative estimate of drug-likeness (QED) is 0.678. The fourth-order valence-electron chi connectivity index (χ4n) is 4.81. The summed E-state index contributed by atoms with van der Waals surface area (Å²) in [6.07, 6.45) is 2.39. The van der Waals surface area contributed by atoms with Gasteiger partial charge in [-0.3, -0.25) is 14.7 Å². The highest BCUT2D eigenvalue weighted by Gasteiger charge is 2.42. The van der Waals surface area contributed by atoms with E-state index in [1.54, 1.807) is 11.8 Å². The number of benzene rings is 1. The van der Waals surface area contributed by atoms with Gasteiger partial charge in [0.05, 0.1) is 17.3 Å². The Bertz CT molecular complexity index is 855. The van der Waals surface area contributed by atoms with Crippen molar-refractivity contribution in [2.45, 2.75) is 51.3 Å². The molecule has 1 aromatic carbocycles. The first kappa shape index (κ1) is 24.0. The Morgan fingerprint density at radius 2 is 2.06 bits per heavy atom. The number of thioether (sulfide) groups is 1. The van der Waals surface area contributed by atoms with E-state index in [2.05, 4.69) is 24.8 Å². The normalized spacial score (nSPS) is 23.7. The molecule has 2 fully saturated rings. The molecule has 0 aromatic heterocycles. The van der Waals surface area contributed by atoms with Crippen LogP contribution in [0, 0.1) is 5.92 Å². The van der Waals surface area contributed by atoms with Gasteiger partial charge in [0.1, 0.15) is 6.04 Å². The first-order valence-corrected chi connectivity index (χ1v) is 13.0. The molecule has 4 rings (SSSR count). The van der Waals surface area contributed by atoms with E-state index in [1.165, 1.54) is 0 Å². The maximum atomic E-state index is 13.1. The molecular formula is C24H34ClN3O3S. The minimum Gasteiger partial charge on any atom is -0.396 e. The monoisotopic (exact) mass is 479 g/mol. The number of morpholine rings is 1. The molecule has 1 amide bonds. The van der Waals surface area contributed by atoms with Gasteiger partial charge < -0.3 is 14.7 Å². The number of aliphatic imine (C=N–C) groups is 1. The molecule has 0 aliphatic carbocycles. The van der Waals surface area contributed by atoms with Crippen molar-refractivity contribution < 1.29 is 14.6 Å². The van der Waals surface area contributed by atoms with Gasteiger partial charge >= 0.3 is 0 Å². The van der Waals surface area contributed by atoms with Gasteiger partial charge in [0.2, 0.25) is 5.91 Å². The fourth-order valence-corrected chi connectivity index (χ4v) is 6.17. The maximum absolute atomic E-state index is 13.1. The van der Waals surface area contributed by atoms with Crippen molar-refractivity contribution in [3.05, 3.63) is 34.3 Å². The fraction of sp³-hybridized carbons (Fsp3) is 0.667. The zero-order valence-corrected chi connectivity index (χ0v) is 20.6. The van der Waals surface area contributed by atoms with E-state index >= 15 is 0 Å². The van der Waals surface area contributed by atoms with E-state index in [-0.39, 0.29) is 24.2 Å². The lowest BCUT2D eigenvalue weighted by molar-refractivity contribution is -0.160.